The summed E-state index contributed by atoms with van der Waals surface area (Å²) < 4.78 is 0. The Kier molecular flexibility index (Phi) is 6.22. The number of hydrogen-bond donors (Lipinski definition) is 1. The second-order valence-corrected chi connectivity index (χ2v) is 6.50. The third-order valence-corrected chi connectivity index (χ3v) is 4.43. The van der Waals surface area contributed by atoms with Gasteiger partial charge in [-0.15, -0.1) is 0 Å². The van der Waals surface area contributed by atoms with Gasteiger partial charge in [-0.2, -0.15) is 0 Å². The van der Waals surface area contributed by atoms with Crippen LogP contribution in [0.25, 0.3) is 0 Å². The summed E-state index contributed by atoms with van der Waals surface area (Å²) in [6, 6.07) is 6.84. The molecule has 1 fully saturated rings. The molecule has 0 aliphatic carbocycles. The summed E-state index contributed by atoms with van der Waals surface area (Å²) >= 11 is 0. The van der Waals surface area contributed by atoms with Crippen molar-refractivity contribution in [2.45, 2.75) is 39.7 Å². The molecule has 3 heteroatoms. The Bertz CT molecular complexity index is 416. The van der Waals surface area contributed by atoms with Crippen molar-refractivity contribution < 1.29 is 0 Å². The summed E-state index contributed by atoms with van der Waals surface area (Å²) in [4.78, 5) is 5.13. The molecule has 1 aromatic carbocycles. The SMILES string of the molecule is CCCN1CCN(CCC(N)c2cc(C)cc(C)c2)CC1. The minimum absolute atomic E-state index is 0.164. The van der Waals surface area contributed by atoms with E-state index in [1.54, 1.807) is 0 Å². The average Bonchev–Trinajstić information content (AvgIpc) is 2.45. The molecular formula is C18H31N3. The van der Waals surface area contributed by atoms with E-state index in [4.69, 9.17) is 5.73 Å². The standard InChI is InChI=1S/C18H31N3/c1-4-6-20-8-10-21(11-9-20)7-5-18(19)17-13-15(2)12-16(3)14-17/h12-14,18H,4-11,19H2,1-3H3. The quantitative estimate of drug-likeness (QED) is 0.874. The molecule has 2 rings (SSSR count). The van der Waals surface area contributed by atoms with Crippen molar-refractivity contribution in [3.8, 4) is 0 Å². The van der Waals surface area contributed by atoms with E-state index in [2.05, 4.69) is 48.8 Å². The number of nitrogens with zero attached hydrogens (tertiary/aromatic N) is 2. The van der Waals surface area contributed by atoms with Crippen molar-refractivity contribution in [3.05, 3.63) is 34.9 Å². The van der Waals surface area contributed by atoms with E-state index >= 15 is 0 Å². The van der Waals surface area contributed by atoms with Crippen LogP contribution in [-0.4, -0.2) is 49.1 Å². The predicted octanol–water partition coefficient (Wildman–Crippen LogP) is 2.72. The van der Waals surface area contributed by atoms with E-state index in [0.717, 1.165) is 13.0 Å². The van der Waals surface area contributed by atoms with Gasteiger partial charge in [-0.1, -0.05) is 36.2 Å². The number of benzene rings is 1. The minimum atomic E-state index is 0.164. The number of piperazine rings is 1. The van der Waals surface area contributed by atoms with E-state index in [0.29, 0.717) is 0 Å². The normalized spacial score (nSPS) is 18.9. The minimum Gasteiger partial charge on any atom is -0.324 e. The second kappa shape index (κ2) is 7.92. The van der Waals surface area contributed by atoms with Gasteiger partial charge in [0.2, 0.25) is 0 Å². The monoisotopic (exact) mass is 289 g/mol. The molecule has 1 aromatic rings. The smallest absolute Gasteiger partial charge is 0.0307 e. The molecule has 1 atom stereocenters. The lowest BCUT2D eigenvalue weighted by Crippen LogP contribution is -2.47. The predicted molar refractivity (Wildman–Crippen MR) is 90.6 cm³/mol. The third-order valence-electron chi connectivity index (χ3n) is 4.43. The molecule has 2 N–H and O–H groups in total. The number of rotatable bonds is 6. The highest BCUT2D eigenvalue weighted by atomic mass is 15.3. The Hall–Kier alpha value is -0.900. The molecule has 21 heavy (non-hydrogen) atoms. The molecule has 1 heterocycles. The average molecular weight is 289 g/mol. The molecule has 1 aliphatic rings. The van der Waals surface area contributed by atoms with Gasteiger partial charge in [0.15, 0.2) is 0 Å². The molecule has 0 radical (unpaired) electrons. The van der Waals surface area contributed by atoms with Crippen molar-refractivity contribution in [2.24, 2.45) is 5.73 Å². The number of hydrogen-bond acceptors (Lipinski definition) is 3. The topological polar surface area (TPSA) is 32.5 Å². The Morgan fingerprint density at radius 3 is 2.00 bits per heavy atom. The van der Waals surface area contributed by atoms with Crippen LogP contribution in [0.2, 0.25) is 0 Å². The molecule has 3 nitrogen and oxygen atoms in total. The molecule has 1 saturated heterocycles. The first-order valence-electron chi connectivity index (χ1n) is 8.37. The van der Waals surface area contributed by atoms with Crippen LogP contribution in [0.1, 0.15) is 42.5 Å². The Morgan fingerprint density at radius 2 is 1.48 bits per heavy atom. The van der Waals surface area contributed by atoms with Crippen molar-refractivity contribution in [1.29, 1.82) is 0 Å². The highest BCUT2D eigenvalue weighted by Crippen LogP contribution is 2.18. The highest BCUT2D eigenvalue weighted by molar-refractivity contribution is 5.30. The van der Waals surface area contributed by atoms with Gasteiger partial charge in [-0.3, -0.25) is 0 Å². The molecule has 1 unspecified atom stereocenters. The molecule has 0 bridgehead atoms. The van der Waals surface area contributed by atoms with Crippen LogP contribution >= 0.6 is 0 Å². The first-order valence-corrected chi connectivity index (χ1v) is 8.37. The van der Waals surface area contributed by atoms with Crippen LogP contribution in [0.4, 0.5) is 0 Å². The van der Waals surface area contributed by atoms with E-state index in [1.165, 1.54) is 55.8 Å². The van der Waals surface area contributed by atoms with Crippen molar-refractivity contribution in [2.75, 3.05) is 39.3 Å². The fourth-order valence-corrected chi connectivity index (χ4v) is 3.27. The first kappa shape index (κ1) is 16.5. The van der Waals surface area contributed by atoms with Gasteiger partial charge in [0.05, 0.1) is 0 Å². The zero-order valence-corrected chi connectivity index (χ0v) is 13.9. The summed E-state index contributed by atoms with van der Waals surface area (Å²) in [6.45, 7) is 13.7. The van der Waals surface area contributed by atoms with E-state index < -0.39 is 0 Å². The van der Waals surface area contributed by atoms with Crippen LogP contribution in [-0.2, 0) is 0 Å². The Labute approximate surface area is 130 Å². The fraction of sp³-hybridized carbons (Fsp3) is 0.667. The van der Waals surface area contributed by atoms with Gasteiger partial charge in [0.1, 0.15) is 0 Å². The van der Waals surface area contributed by atoms with E-state index in [9.17, 15) is 0 Å². The Balaban J connectivity index is 1.78. The molecular weight excluding hydrogens is 258 g/mol. The van der Waals surface area contributed by atoms with Gasteiger partial charge in [0.25, 0.3) is 0 Å². The van der Waals surface area contributed by atoms with Crippen molar-refractivity contribution >= 4 is 0 Å². The van der Waals surface area contributed by atoms with Gasteiger partial charge >= 0.3 is 0 Å². The third kappa shape index (κ3) is 5.10. The summed E-state index contributed by atoms with van der Waals surface area (Å²) in [7, 11) is 0. The highest BCUT2D eigenvalue weighted by Gasteiger charge is 2.17. The van der Waals surface area contributed by atoms with Gasteiger partial charge in [0, 0.05) is 38.8 Å². The maximum Gasteiger partial charge on any atom is 0.0307 e. The Morgan fingerprint density at radius 1 is 0.952 bits per heavy atom. The molecule has 0 amide bonds. The van der Waals surface area contributed by atoms with E-state index in [-0.39, 0.29) is 6.04 Å². The lowest BCUT2D eigenvalue weighted by molar-refractivity contribution is 0.130. The summed E-state index contributed by atoms with van der Waals surface area (Å²) in [5.74, 6) is 0. The van der Waals surface area contributed by atoms with Crippen LogP contribution < -0.4 is 5.73 Å². The maximum atomic E-state index is 6.39. The maximum absolute atomic E-state index is 6.39. The second-order valence-electron chi connectivity index (χ2n) is 6.50. The van der Waals surface area contributed by atoms with Gasteiger partial charge < -0.3 is 15.5 Å². The number of aryl methyl sites for hydroxylation is 2. The molecule has 0 aromatic heterocycles. The van der Waals surface area contributed by atoms with Crippen LogP contribution in [0.5, 0.6) is 0 Å². The van der Waals surface area contributed by atoms with Crippen LogP contribution in [0, 0.1) is 13.8 Å². The molecule has 0 spiro atoms. The number of nitrogens with two attached hydrogens (primary N) is 1. The van der Waals surface area contributed by atoms with Crippen molar-refractivity contribution in [1.82, 2.24) is 9.80 Å². The summed E-state index contributed by atoms with van der Waals surface area (Å²) in [5.41, 5.74) is 10.3. The van der Waals surface area contributed by atoms with Crippen LogP contribution in [0.3, 0.4) is 0 Å². The summed E-state index contributed by atoms with van der Waals surface area (Å²) in [5, 5.41) is 0. The van der Waals surface area contributed by atoms with Crippen molar-refractivity contribution in [3.63, 3.8) is 0 Å². The lowest BCUT2D eigenvalue weighted by atomic mass is 9.99. The van der Waals surface area contributed by atoms with Crippen LogP contribution in [0.15, 0.2) is 18.2 Å². The zero-order valence-electron chi connectivity index (χ0n) is 13.9. The largest absolute Gasteiger partial charge is 0.324 e. The van der Waals surface area contributed by atoms with Gasteiger partial charge in [-0.05, 0) is 38.8 Å². The molecule has 118 valence electrons. The van der Waals surface area contributed by atoms with Gasteiger partial charge in [-0.25, -0.2) is 0 Å². The fourth-order valence-electron chi connectivity index (χ4n) is 3.27. The lowest BCUT2D eigenvalue weighted by Gasteiger charge is -2.35. The first-order chi connectivity index (χ1) is 10.1. The molecule has 0 saturated carbocycles. The zero-order chi connectivity index (χ0) is 15.2. The summed E-state index contributed by atoms with van der Waals surface area (Å²) in [6.07, 6.45) is 2.31. The van der Waals surface area contributed by atoms with E-state index in [1.807, 2.05) is 0 Å². The molecule has 1 aliphatic heterocycles.